The molecule has 21 nitrogen and oxygen atoms in total. The Bertz CT molecular complexity index is 1790. The van der Waals surface area contributed by atoms with Gasteiger partial charge >= 0.3 is 53.3 Å². The first-order valence-electron chi connectivity index (χ1n) is 18.8. The minimum Gasteiger partial charge on any atom is -0.378 e. The summed E-state index contributed by atoms with van der Waals surface area (Å²) in [4.78, 5) is 38.4. The third-order valence-corrected chi connectivity index (χ3v) is 23.8. The van der Waals surface area contributed by atoms with Crippen molar-refractivity contribution in [1.29, 1.82) is 0 Å². The van der Waals surface area contributed by atoms with E-state index >= 15 is 0 Å². The van der Waals surface area contributed by atoms with Crippen molar-refractivity contribution >= 4 is 53.3 Å². The van der Waals surface area contributed by atoms with Gasteiger partial charge in [0.2, 0.25) is 0 Å². The Labute approximate surface area is 344 Å². The molecule has 0 aliphatic rings. The van der Waals surface area contributed by atoms with Gasteiger partial charge in [0.1, 0.15) is 0 Å². The predicted octanol–water partition coefficient (Wildman–Crippen LogP) is 3.38. The molecule has 326 valence electrons. The monoisotopic (exact) mass is 887 g/mol. The van der Waals surface area contributed by atoms with E-state index in [1.54, 1.807) is 39.6 Å². The number of nitrogens with zero attached hydrogens (tertiary/aromatic N) is 6. The van der Waals surface area contributed by atoms with Crippen LogP contribution in [0.2, 0.25) is 24.7 Å². The fourth-order valence-electron chi connectivity index (χ4n) is 6.03. The maximum absolute atomic E-state index is 13.0. The molecule has 3 N–H and O–H groups in total. The van der Waals surface area contributed by atoms with Gasteiger partial charge in [-0.15, -0.1) is 0 Å². The highest BCUT2D eigenvalue weighted by Crippen LogP contribution is 2.32. The zero-order valence-electron chi connectivity index (χ0n) is 35.8. The van der Waals surface area contributed by atoms with Crippen LogP contribution in [0.15, 0.2) is 24.4 Å². The van der Waals surface area contributed by atoms with E-state index in [2.05, 4.69) is 31.2 Å². The maximum Gasteiger partial charge on any atom is 0.493 e. The Morgan fingerprint density at radius 3 is 1.28 bits per heavy atom. The van der Waals surface area contributed by atoms with Crippen LogP contribution in [0.25, 0.3) is 0 Å². The van der Waals surface area contributed by atoms with Gasteiger partial charge in [0.15, 0.2) is 0 Å². The van der Waals surface area contributed by atoms with E-state index in [0.717, 1.165) is 17.1 Å². The van der Waals surface area contributed by atoms with E-state index in [1.165, 1.54) is 56.7 Å². The molecule has 58 heavy (non-hydrogen) atoms. The molecule has 0 saturated carbocycles. The molecular weight excluding hydrogens is 827 g/mol. The molecule has 3 aromatic heterocycles. The summed E-state index contributed by atoms with van der Waals surface area (Å²) >= 11 is 0. The van der Waals surface area contributed by atoms with Gasteiger partial charge in [-0.1, -0.05) is 0 Å². The lowest BCUT2D eigenvalue weighted by Gasteiger charge is -2.42. The normalized spacial score (nSPS) is 14.2. The molecule has 2 unspecified atom stereocenters. The lowest BCUT2D eigenvalue weighted by Crippen LogP contribution is -2.65. The first-order chi connectivity index (χ1) is 27.5. The largest absolute Gasteiger partial charge is 0.493 e. The summed E-state index contributed by atoms with van der Waals surface area (Å²) in [6, 6.07) is 5.01. The summed E-state index contributed by atoms with van der Waals surface area (Å²) in [6.07, 6.45) is 2.75. The molecule has 0 radical (unpaired) electrons. The smallest absolute Gasteiger partial charge is 0.378 e. The van der Waals surface area contributed by atoms with Gasteiger partial charge in [-0.25, -0.2) is 14.4 Å². The second-order valence-electron chi connectivity index (χ2n) is 13.5. The van der Waals surface area contributed by atoms with Gasteiger partial charge in [0.05, 0.1) is 11.4 Å². The van der Waals surface area contributed by atoms with Crippen molar-refractivity contribution in [3.63, 3.8) is 0 Å². The summed E-state index contributed by atoms with van der Waals surface area (Å²) in [6.45, 7) is 11.5. The molecule has 0 bridgehead atoms. The number of amides is 3. The van der Waals surface area contributed by atoms with E-state index in [-0.39, 0.29) is 49.8 Å². The number of carbonyl (C=O) groups is 3. The number of carbonyl (C=O) groups excluding carboxylic acids is 3. The number of hydrogen-bond acceptors (Lipinski definition) is 15. The lowest BCUT2D eigenvalue weighted by molar-refractivity contribution is 0.0638. The highest BCUT2D eigenvalue weighted by atomic mass is 28.5. The minimum absolute atomic E-state index is 0.180. The number of hydrogen-bond donors (Lipinski definition) is 3. The summed E-state index contributed by atoms with van der Waals surface area (Å²) in [5, 5.41) is 21.2. The second kappa shape index (κ2) is 22.2. The van der Waals surface area contributed by atoms with Crippen molar-refractivity contribution in [2.75, 3.05) is 62.3 Å². The van der Waals surface area contributed by atoms with Gasteiger partial charge in [0, 0.05) is 110 Å². The van der Waals surface area contributed by atoms with Gasteiger partial charge in [-0.3, -0.25) is 0 Å². The quantitative estimate of drug-likeness (QED) is 0.0867. The Kier molecular flexibility index (Phi) is 18.8. The topological polar surface area (TPSA) is 224 Å². The highest BCUT2D eigenvalue weighted by Gasteiger charge is 2.59. The number of rotatable bonds is 24. The average molecular weight is 888 g/mol. The molecule has 2 atom stereocenters. The number of aromatic nitrogens is 6. The third-order valence-electron chi connectivity index (χ3n) is 9.15. The fourth-order valence-corrected chi connectivity index (χ4v) is 21.0. The number of aryl methyl sites for hydroxylation is 5. The molecule has 0 saturated heterocycles. The van der Waals surface area contributed by atoms with E-state index < -0.39 is 35.2 Å². The van der Waals surface area contributed by atoms with Gasteiger partial charge in [-0.05, 0) is 72.1 Å². The average Bonchev–Trinajstić information content (AvgIpc) is 3.90. The van der Waals surface area contributed by atoms with Gasteiger partial charge in [0.25, 0.3) is 0 Å². The summed E-state index contributed by atoms with van der Waals surface area (Å²) in [5.41, 5.74) is 3.56. The summed E-state index contributed by atoms with van der Waals surface area (Å²) in [5.74, 6) is 0. The van der Waals surface area contributed by atoms with Crippen LogP contribution in [0.3, 0.4) is 0 Å². The molecule has 3 heterocycles. The first kappa shape index (κ1) is 48.9. The minimum atomic E-state index is -3.92. The van der Waals surface area contributed by atoms with Crippen molar-refractivity contribution in [2.24, 2.45) is 0 Å². The van der Waals surface area contributed by atoms with E-state index in [1.807, 2.05) is 26.0 Å². The van der Waals surface area contributed by atoms with Crippen molar-refractivity contribution < 1.29 is 53.3 Å². The van der Waals surface area contributed by atoms with E-state index in [4.69, 9.17) is 38.9 Å². The molecule has 0 aliphatic heterocycles. The maximum atomic E-state index is 13.0. The molecule has 0 spiro atoms. The van der Waals surface area contributed by atoms with Crippen LogP contribution in [0.4, 0.5) is 14.4 Å². The molecular formula is C33H61N9O12Si4. The second-order valence-corrected chi connectivity index (χ2v) is 25.7. The zero-order chi connectivity index (χ0) is 43.1. The van der Waals surface area contributed by atoms with Crippen molar-refractivity contribution in [2.45, 2.75) is 78.6 Å². The van der Waals surface area contributed by atoms with Crippen molar-refractivity contribution in [1.82, 2.24) is 45.3 Å². The number of nitrogens with one attached hydrogen (secondary N) is 3. The standard InChI is InChI=1S/C33H61N9O12Si4/c1-26-24-29(4)41(38-26)32(44)35-18-13-21-56(47-7,48-8)52-55(12,46-6)53-58(51-11,23-15-19-36-33(45)42-30(5)25-27(2)39-42)54-57(49-9,50-10)22-14-17-34-31(43)40-28(3)16-20-37-40/h16,20,24-25H,13-15,17-19,21-23H2,1-12H3,(H,34,43)(H,35,44)(H,36,45). The van der Waals surface area contributed by atoms with Crippen LogP contribution >= 0.6 is 0 Å². The fraction of sp³-hybridized carbons (Fsp3) is 0.636. The van der Waals surface area contributed by atoms with E-state index in [9.17, 15) is 14.4 Å². The van der Waals surface area contributed by atoms with E-state index in [0.29, 0.717) is 36.7 Å². The Morgan fingerprint density at radius 2 is 0.931 bits per heavy atom. The molecule has 0 aromatic carbocycles. The van der Waals surface area contributed by atoms with Crippen LogP contribution in [0.5, 0.6) is 0 Å². The first-order valence-corrected chi connectivity index (χ1v) is 26.8. The molecule has 0 fully saturated rings. The molecule has 0 aliphatic carbocycles. The van der Waals surface area contributed by atoms with Crippen molar-refractivity contribution in [3.8, 4) is 0 Å². The molecule has 3 rings (SSSR count). The van der Waals surface area contributed by atoms with Crippen LogP contribution in [0.1, 0.15) is 47.7 Å². The molecule has 3 aromatic rings. The van der Waals surface area contributed by atoms with Crippen LogP contribution in [-0.2, 0) is 38.9 Å². The van der Waals surface area contributed by atoms with Crippen molar-refractivity contribution in [3.05, 3.63) is 52.9 Å². The highest BCUT2D eigenvalue weighted by molar-refractivity contribution is 6.83. The summed E-state index contributed by atoms with van der Waals surface area (Å²) in [7, 11) is -5.97. The van der Waals surface area contributed by atoms with Crippen LogP contribution in [-0.4, -0.2) is 145 Å². The molecule has 3 amide bonds. The van der Waals surface area contributed by atoms with Gasteiger partial charge < -0.3 is 54.9 Å². The van der Waals surface area contributed by atoms with Crippen LogP contribution < -0.4 is 16.0 Å². The summed E-state index contributed by atoms with van der Waals surface area (Å²) < 4.78 is 60.2. The predicted molar refractivity (Wildman–Crippen MR) is 219 cm³/mol. The third kappa shape index (κ3) is 13.3. The Hall–Kier alpha value is -3.45. The lowest BCUT2D eigenvalue weighted by atomic mass is 10.4. The van der Waals surface area contributed by atoms with Gasteiger partial charge in [-0.2, -0.15) is 29.3 Å². The van der Waals surface area contributed by atoms with Crippen LogP contribution in [0, 0.1) is 34.6 Å². The Morgan fingerprint density at radius 1 is 0.552 bits per heavy atom. The SMILES string of the molecule is CO[Si](C)(O[Si](CCCNC(=O)n1nc(C)cc1C)(OC)OC)O[Si](CCCNC(=O)n1nc(C)cc1C)(OC)O[Si](CCCNC(=O)n1nccc1C)(OC)OC. The molecule has 25 heteroatoms. The zero-order valence-corrected chi connectivity index (χ0v) is 39.8. The Balaban J connectivity index is 1.81.